The summed E-state index contributed by atoms with van der Waals surface area (Å²) in [5.41, 5.74) is 1.79. The van der Waals surface area contributed by atoms with Crippen molar-refractivity contribution in [1.82, 2.24) is 4.57 Å². The van der Waals surface area contributed by atoms with Gasteiger partial charge >= 0.3 is 5.97 Å². The standard InChI is InChI=1S/C20H22ClNO5/c1-4-16-11(2)12-8-19(27-6-5-26-3)15(21)7-13(12)17-9-18(23)14(20(24)25)10-22(16)17/h7-11,16H,4-6H2,1-3H3,(H,24,25)/t11-,16-/m1/s1. The van der Waals surface area contributed by atoms with E-state index in [-0.39, 0.29) is 17.5 Å². The second-order valence-electron chi connectivity index (χ2n) is 6.62. The molecule has 0 bridgehead atoms. The van der Waals surface area contributed by atoms with Gasteiger partial charge in [-0.1, -0.05) is 25.4 Å². The van der Waals surface area contributed by atoms with Crippen molar-refractivity contribution in [3.63, 3.8) is 0 Å². The molecule has 0 aliphatic carbocycles. The fourth-order valence-electron chi connectivity index (χ4n) is 3.71. The fourth-order valence-corrected chi connectivity index (χ4v) is 3.93. The van der Waals surface area contributed by atoms with Crippen molar-refractivity contribution in [2.45, 2.75) is 32.2 Å². The summed E-state index contributed by atoms with van der Waals surface area (Å²) in [7, 11) is 1.60. The van der Waals surface area contributed by atoms with Gasteiger partial charge in [0.25, 0.3) is 0 Å². The SMILES string of the molecule is CC[C@@H]1[C@H](C)c2cc(OCCOC)c(Cl)cc2-c2cc(=O)c(C(=O)O)cn21. The summed E-state index contributed by atoms with van der Waals surface area (Å²) in [5.74, 6) is -0.542. The number of pyridine rings is 1. The maximum Gasteiger partial charge on any atom is 0.341 e. The normalized spacial score (nSPS) is 17.9. The molecule has 1 aliphatic rings. The van der Waals surface area contributed by atoms with Gasteiger partial charge in [-0.25, -0.2) is 4.79 Å². The predicted octanol–water partition coefficient (Wildman–Crippen LogP) is 3.96. The zero-order valence-corrected chi connectivity index (χ0v) is 16.2. The van der Waals surface area contributed by atoms with Gasteiger partial charge < -0.3 is 19.1 Å². The van der Waals surface area contributed by atoms with E-state index in [0.29, 0.717) is 29.7 Å². The fraction of sp³-hybridized carbons (Fsp3) is 0.400. The van der Waals surface area contributed by atoms with Crippen molar-refractivity contribution in [2.24, 2.45) is 0 Å². The van der Waals surface area contributed by atoms with E-state index in [1.165, 1.54) is 12.3 Å². The Hall–Kier alpha value is -2.31. The van der Waals surface area contributed by atoms with Gasteiger partial charge in [0.15, 0.2) is 5.43 Å². The monoisotopic (exact) mass is 391 g/mol. The van der Waals surface area contributed by atoms with Crippen LogP contribution in [0.5, 0.6) is 5.75 Å². The molecule has 2 heterocycles. The van der Waals surface area contributed by atoms with E-state index in [1.807, 2.05) is 17.6 Å². The molecule has 0 unspecified atom stereocenters. The highest BCUT2D eigenvalue weighted by atomic mass is 35.5. The summed E-state index contributed by atoms with van der Waals surface area (Å²) in [6.45, 7) is 4.97. The van der Waals surface area contributed by atoms with Crippen LogP contribution in [0.2, 0.25) is 5.02 Å². The average molecular weight is 392 g/mol. The van der Waals surface area contributed by atoms with Crippen molar-refractivity contribution < 1.29 is 19.4 Å². The topological polar surface area (TPSA) is 77.8 Å². The molecule has 2 aromatic rings. The lowest BCUT2D eigenvalue weighted by molar-refractivity contribution is 0.0694. The molecule has 1 N–H and O–H groups in total. The molecule has 0 saturated heterocycles. The molecular weight excluding hydrogens is 370 g/mol. The van der Waals surface area contributed by atoms with Crippen LogP contribution in [0.25, 0.3) is 11.3 Å². The van der Waals surface area contributed by atoms with Gasteiger partial charge in [-0.15, -0.1) is 0 Å². The van der Waals surface area contributed by atoms with Crippen molar-refractivity contribution >= 4 is 17.6 Å². The lowest BCUT2D eigenvalue weighted by atomic mass is 9.83. The maximum atomic E-state index is 12.3. The Bertz CT molecular complexity index is 937. The van der Waals surface area contributed by atoms with E-state index >= 15 is 0 Å². The Labute approximate surface area is 162 Å². The number of methoxy groups -OCH3 is 1. The minimum atomic E-state index is -1.22. The highest BCUT2D eigenvalue weighted by Crippen LogP contribution is 2.46. The Kier molecular flexibility index (Phi) is 5.58. The first-order valence-electron chi connectivity index (χ1n) is 8.84. The summed E-state index contributed by atoms with van der Waals surface area (Å²) in [4.78, 5) is 23.7. The molecule has 0 fully saturated rings. The number of rotatable bonds is 6. The number of carboxylic acid groups (broad SMARTS) is 1. The third kappa shape index (κ3) is 3.47. The molecule has 6 nitrogen and oxygen atoms in total. The second kappa shape index (κ2) is 7.74. The van der Waals surface area contributed by atoms with E-state index in [4.69, 9.17) is 21.1 Å². The molecule has 0 saturated carbocycles. The van der Waals surface area contributed by atoms with Crippen LogP contribution in [-0.2, 0) is 4.74 Å². The summed E-state index contributed by atoms with van der Waals surface area (Å²) < 4.78 is 12.6. The number of carbonyl (C=O) groups is 1. The van der Waals surface area contributed by atoms with Crippen LogP contribution >= 0.6 is 11.6 Å². The highest BCUT2D eigenvalue weighted by Gasteiger charge is 2.31. The molecule has 2 atom stereocenters. The summed E-state index contributed by atoms with van der Waals surface area (Å²) in [6, 6.07) is 5.12. The first kappa shape index (κ1) is 19.5. The number of aromatic carboxylic acids is 1. The highest BCUT2D eigenvalue weighted by molar-refractivity contribution is 6.32. The summed E-state index contributed by atoms with van der Waals surface area (Å²) >= 11 is 6.40. The first-order chi connectivity index (χ1) is 12.9. The molecule has 3 rings (SSSR count). The number of ether oxygens (including phenoxy) is 2. The van der Waals surface area contributed by atoms with Gasteiger partial charge in [0.05, 0.1) is 17.3 Å². The Balaban J connectivity index is 2.18. The van der Waals surface area contributed by atoms with Crippen LogP contribution in [0.3, 0.4) is 0 Å². The molecule has 1 aromatic heterocycles. The smallest absolute Gasteiger partial charge is 0.341 e. The van der Waals surface area contributed by atoms with Gasteiger partial charge in [0, 0.05) is 36.9 Å². The van der Waals surface area contributed by atoms with Gasteiger partial charge in [-0.2, -0.15) is 0 Å². The van der Waals surface area contributed by atoms with E-state index in [1.54, 1.807) is 13.2 Å². The van der Waals surface area contributed by atoms with Crippen LogP contribution < -0.4 is 10.2 Å². The van der Waals surface area contributed by atoms with E-state index in [2.05, 4.69) is 6.92 Å². The Morgan fingerprint density at radius 1 is 1.30 bits per heavy atom. The average Bonchev–Trinajstić information content (AvgIpc) is 2.63. The van der Waals surface area contributed by atoms with Gasteiger partial charge in [-0.05, 0) is 24.1 Å². The lowest BCUT2D eigenvalue weighted by Gasteiger charge is -2.35. The molecule has 7 heteroatoms. The van der Waals surface area contributed by atoms with Crippen molar-refractivity contribution in [1.29, 1.82) is 0 Å². The number of hydrogen-bond acceptors (Lipinski definition) is 4. The number of fused-ring (bicyclic) bond motifs is 3. The van der Waals surface area contributed by atoms with E-state index < -0.39 is 11.4 Å². The number of benzene rings is 1. The first-order valence-corrected chi connectivity index (χ1v) is 9.21. The van der Waals surface area contributed by atoms with Crippen LogP contribution in [0, 0.1) is 0 Å². The number of halogens is 1. The van der Waals surface area contributed by atoms with E-state index in [9.17, 15) is 14.7 Å². The molecule has 27 heavy (non-hydrogen) atoms. The zero-order chi connectivity index (χ0) is 19.7. The predicted molar refractivity (Wildman–Crippen MR) is 103 cm³/mol. The summed E-state index contributed by atoms with van der Waals surface area (Å²) in [5, 5.41) is 9.75. The molecule has 0 spiro atoms. The zero-order valence-electron chi connectivity index (χ0n) is 15.5. The van der Waals surface area contributed by atoms with Gasteiger partial charge in [0.2, 0.25) is 0 Å². The number of carboxylic acids is 1. The third-order valence-electron chi connectivity index (χ3n) is 5.08. The number of aromatic nitrogens is 1. The van der Waals surface area contributed by atoms with Crippen LogP contribution in [0.4, 0.5) is 0 Å². The quantitative estimate of drug-likeness (QED) is 0.754. The Morgan fingerprint density at radius 3 is 2.67 bits per heavy atom. The molecule has 1 aromatic carbocycles. The van der Waals surface area contributed by atoms with Crippen LogP contribution in [0.15, 0.2) is 29.2 Å². The largest absolute Gasteiger partial charge is 0.490 e. The lowest BCUT2D eigenvalue weighted by Crippen LogP contribution is -2.27. The summed E-state index contributed by atoms with van der Waals surface area (Å²) in [6.07, 6.45) is 2.24. The molecule has 0 amide bonds. The number of nitrogens with zero attached hydrogens (tertiary/aromatic N) is 1. The molecule has 0 radical (unpaired) electrons. The maximum absolute atomic E-state index is 12.3. The Morgan fingerprint density at radius 2 is 2.04 bits per heavy atom. The second-order valence-corrected chi connectivity index (χ2v) is 7.03. The minimum Gasteiger partial charge on any atom is -0.490 e. The van der Waals surface area contributed by atoms with Crippen molar-refractivity contribution in [2.75, 3.05) is 20.3 Å². The van der Waals surface area contributed by atoms with Crippen molar-refractivity contribution in [3.8, 4) is 17.0 Å². The van der Waals surface area contributed by atoms with Crippen LogP contribution in [0.1, 0.15) is 48.1 Å². The number of hydrogen-bond donors (Lipinski definition) is 1. The minimum absolute atomic E-state index is 0.0270. The third-order valence-corrected chi connectivity index (χ3v) is 5.37. The molecule has 1 aliphatic heterocycles. The van der Waals surface area contributed by atoms with Crippen molar-refractivity contribution in [3.05, 3.63) is 50.8 Å². The molecule has 144 valence electrons. The van der Waals surface area contributed by atoms with Gasteiger partial charge in [0.1, 0.15) is 17.9 Å². The molecular formula is C20H22ClNO5. The van der Waals surface area contributed by atoms with E-state index in [0.717, 1.165) is 17.5 Å². The van der Waals surface area contributed by atoms with Crippen LogP contribution in [-0.4, -0.2) is 36.0 Å². The van der Waals surface area contributed by atoms with Gasteiger partial charge in [-0.3, -0.25) is 4.79 Å².